The Morgan fingerprint density at radius 1 is 1.00 bits per heavy atom. The van der Waals surface area contributed by atoms with E-state index in [4.69, 9.17) is 4.74 Å². The molecule has 5 rings (SSSR count). The number of sulfonamides is 1. The first kappa shape index (κ1) is 27.9. The molecule has 41 heavy (non-hydrogen) atoms. The van der Waals surface area contributed by atoms with Gasteiger partial charge in [-0.2, -0.15) is 9.64 Å². The number of aromatic nitrogens is 4. The van der Waals surface area contributed by atoms with Gasteiger partial charge in [0.2, 0.25) is 5.13 Å². The molecular weight excluding hydrogens is 558 g/mol. The van der Waals surface area contributed by atoms with E-state index < -0.39 is 10.0 Å². The van der Waals surface area contributed by atoms with Crippen LogP contribution in [0.4, 0.5) is 5.13 Å². The quantitative estimate of drug-likeness (QED) is 0.214. The Hall–Kier alpha value is -4.70. The van der Waals surface area contributed by atoms with E-state index in [-0.39, 0.29) is 21.3 Å². The van der Waals surface area contributed by atoms with Gasteiger partial charge in [0, 0.05) is 47.6 Å². The summed E-state index contributed by atoms with van der Waals surface area (Å²) in [6.45, 7) is 4.95. The molecule has 5 aromatic rings. The second-order valence-electron chi connectivity index (χ2n) is 9.26. The van der Waals surface area contributed by atoms with Gasteiger partial charge in [-0.15, -0.1) is 0 Å². The number of nitrogens with one attached hydrogen (secondary N) is 2. The fourth-order valence-corrected chi connectivity index (χ4v) is 5.65. The molecule has 0 atom stereocenters. The van der Waals surface area contributed by atoms with Gasteiger partial charge in [-0.3, -0.25) is 14.7 Å². The zero-order valence-corrected chi connectivity index (χ0v) is 23.8. The Bertz CT molecular complexity index is 1800. The van der Waals surface area contributed by atoms with Crippen molar-refractivity contribution in [2.75, 3.05) is 4.72 Å². The van der Waals surface area contributed by atoms with E-state index in [0.717, 1.165) is 46.0 Å². The average molecular weight is 584 g/mol. The summed E-state index contributed by atoms with van der Waals surface area (Å²) >= 11 is 0.907. The minimum absolute atomic E-state index is 0.0419. The minimum Gasteiger partial charge on any atom is -0.454 e. The van der Waals surface area contributed by atoms with Crippen molar-refractivity contribution in [3.8, 4) is 40.0 Å². The molecule has 0 spiro atoms. The number of ether oxygens (including phenoxy) is 1. The number of nitriles is 1. The van der Waals surface area contributed by atoms with Gasteiger partial charge in [0.15, 0.2) is 5.75 Å². The standard InChI is InChI=1S/C29H25N7O3S2/c1-19(2)32-16-20-4-3-5-22(12-20)26-14-25(21-8-10-31-11-9-21)28(17-33-26)39-27-7-6-24(13-23(27)15-30)41(37,38)36-29-34-18-35-40-29/h3-14,17-19,32H,16H2,1-2H3,(H,34,35,36). The van der Waals surface area contributed by atoms with Crippen molar-refractivity contribution in [2.45, 2.75) is 31.3 Å². The molecule has 0 unspecified atom stereocenters. The molecule has 0 saturated carbocycles. The third-order valence-corrected chi connectivity index (χ3v) is 8.03. The van der Waals surface area contributed by atoms with Gasteiger partial charge < -0.3 is 10.1 Å². The highest BCUT2D eigenvalue weighted by atomic mass is 32.2. The molecule has 0 amide bonds. The van der Waals surface area contributed by atoms with Crippen LogP contribution in [0.25, 0.3) is 22.4 Å². The van der Waals surface area contributed by atoms with E-state index in [0.29, 0.717) is 11.8 Å². The molecule has 0 saturated heterocycles. The number of nitrogens with zero attached hydrogens (tertiary/aromatic N) is 5. The van der Waals surface area contributed by atoms with E-state index >= 15 is 0 Å². The van der Waals surface area contributed by atoms with Crippen molar-refractivity contribution >= 4 is 26.7 Å². The van der Waals surface area contributed by atoms with Crippen LogP contribution >= 0.6 is 11.5 Å². The molecule has 12 heteroatoms. The van der Waals surface area contributed by atoms with Crippen LogP contribution in [0.15, 0.2) is 90.5 Å². The van der Waals surface area contributed by atoms with Gasteiger partial charge in [0.25, 0.3) is 10.0 Å². The van der Waals surface area contributed by atoms with Crippen molar-refractivity contribution in [2.24, 2.45) is 0 Å². The first-order valence-electron chi connectivity index (χ1n) is 12.6. The molecule has 0 aliphatic heterocycles. The van der Waals surface area contributed by atoms with Crippen LogP contribution in [0, 0.1) is 11.3 Å². The number of anilines is 1. The summed E-state index contributed by atoms with van der Waals surface area (Å²) < 4.78 is 37.9. The van der Waals surface area contributed by atoms with E-state index in [9.17, 15) is 13.7 Å². The Balaban J connectivity index is 1.49. The minimum atomic E-state index is -3.98. The van der Waals surface area contributed by atoms with E-state index in [1.54, 1.807) is 18.6 Å². The Morgan fingerprint density at radius 2 is 1.83 bits per heavy atom. The first-order valence-corrected chi connectivity index (χ1v) is 14.8. The van der Waals surface area contributed by atoms with E-state index in [1.165, 1.54) is 24.5 Å². The second-order valence-corrected chi connectivity index (χ2v) is 11.7. The first-order chi connectivity index (χ1) is 19.8. The van der Waals surface area contributed by atoms with Crippen molar-refractivity contribution < 1.29 is 13.2 Å². The largest absolute Gasteiger partial charge is 0.454 e. The molecule has 0 aliphatic carbocycles. The summed E-state index contributed by atoms with van der Waals surface area (Å²) in [5, 5.41) is 13.4. The predicted molar refractivity (Wildman–Crippen MR) is 157 cm³/mol. The lowest BCUT2D eigenvalue weighted by atomic mass is 10.0. The summed E-state index contributed by atoms with van der Waals surface area (Å²) in [5.41, 5.74) is 4.46. The fraction of sp³-hybridized carbons (Fsp3) is 0.138. The molecule has 0 radical (unpaired) electrons. The topological polar surface area (TPSA) is 143 Å². The lowest BCUT2D eigenvalue weighted by Gasteiger charge is -2.15. The molecule has 206 valence electrons. The molecule has 0 fully saturated rings. The smallest absolute Gasteiger partial charge is 0.263 e. The number of pyridine rings is 2. The summed E-state index contributed by atoms with van der Waals surface area (Å²) in [7, 11) is -3.98. The Morgan fingerprint density at radius 3 is 2.56 bits per heavy atom. The van der Waals surface area contributed by atoms with Gasteiger partial charge >= 0.3 is 0 Å². The lowest BCUT2D eigenvalue weighted by molar-refractivity contribution is 0.480. The van der Waals surface area contributed by atoms with Crippen LogP contribution in [0.3, 0.4) is 0 Å². The predicted octanol–water partition coefficient (Wildman–Crippen LogP) is 5.62. The molecule has 2 N–H and O–H groups in total. The molecule has 10 nitrogen and oxygen atoms in total. The van der Waals surface area contributed by atoms with Crippen molar-refractivity contribution in [3.63, 3.8) is 0 Å². The highest BCUT2D eigenvalue weighted by Crippen LogP contribution is 2.37. The zero-order valence-electron chi connectivity index (χ0n) is 22.1. The van der Waals surface area contributed by atoms with Gasteiger partial charge in [0.1, 0.15) is 18.1 Å². The Labute approximate surface area is 242 Å². The van der Waals surface area contributed by atoms with Gasteiger partial charge in [-0.25, -0.2) is 13.4 Å². The summed E-state index contributed by atoms with van der Waals surface area (Å²) in [6.07, 6.45) is 6.22. The summed E-state index contributed by atoms with van der Waals surface area (Å²) in [4.78, 5) is 12.5. The maximum Gasteiger partial charge on any atom is 0.263 e. The zero-order chi connectivity index (χ0) is 28.8. The van der Waals surface area contributed by atoms with Crippen molar-refractivity contribution in [3.05, 3.63) is 96.7 Å². The number of hydrogen-bond donors (Lipinski definition) is 2. The van der Waals surface area contributed by atoms with Crippen LogP contribution in [-0.2, 0) is 16.6 Å². The third kappa shape index (κ3) is 6.72. The molecule has 2 aromatic carbocycles. The maximum atomic E-state index is 12.8. The fourth-order valence-electron chi connectivity index (χ4n) is 3.96. The highest BCUT2D eigenvalue weighted by Gasteiger charge is 2.20. The number of hydrogen-bond acceptors (Lipinski definition) is 10. The van der Waals surface area contributed by atoms with Crippen molar-refractivity contribution in [1.82, 2.24) is 24.6 Å². The molecule has 0 aliphatic rings. The van der Waals surface area contributed by atoms with Gasteiger partial charge in [-0.1, -0.05) is 32.0 Å². The van der Waals surface area contributed by atoms with Crippen LogP contribution in [0.2, 0.25) is 0 Å². The van der Waals surface area contributed by atoms with Crippen LogP contribution in [-0.4, -0.2) is 33.8 Å². The molecule has 3 aromatic heterocycles. The third-order valence-electron chi connectivity index (χ3n) is 5.98. The Kier molecular flexibility index (Phi) is 8.30. The van der Waals surface area contributed by atoms with E-state index in [1.807, 2.05) is 36.4 Å². The van der Waals surface area contributed by atoms with Crippen molar-refractivity contribution in [1.29, 1.82) is 5.26 Å². The summed E-state index contributed by atoms with van der Waals surface area (Å²) in [5.74, 6) is 0.589. The monoisotopic (exact) mass is 583 g/mol. The lowest BCUT2D eigenvalue weighted by Crippen LogP contribution is -2.21. The molecule has 3 heterocycles. The number of benzene rings is 2. The normalized spacial score (nSPS) is 11.3. The van der Waals surface area contributed by atoms with E-state index in [2.05, 4.69) is 55.3 Å². The van der Waals surface area contributed by atoms with Crippen LogP contribution in [0.1, 0.15) is 25.0 Å². The van der Waals surface area contributed by atoms with Gasteiger partial charge in [0.05, 0.1) is 22.3 Å². The average Bonchev–Trinajstić information content (AvgIpc) is 3.49. The second kappa shape index (κ2) is 12.2. The maximum absolute atomic E-state index is 12.8. The summed E-state index contributed by atoms with van der Waals surface area (Å²) in [6, 6.07) is 20.3. The number of rotatable bonds is 10. The highest BCUT2D eigenvalue weighted by molar-refractivity contribution is 7.93. The SMILES string of the molecule is CC(C)NCc1cccc(-c2cc(-c3ccncc3)c(Oc3ccc(S(=O)(=O)Nc4ncns4)cc3C#N)cn2)c1. The van der Waals surface area contributed by atoms with Crippen LogP contribution < -0.4 is 14.8 Å². The molecular formula is C29H25N7O3S2. The van der Waals surface area contributed by atoms with Gasteiger partial charge in [-0.05, 0) is 53.6 Å². The van der Waals surface area contributed by atoms with Crippen LogP contribution in [0.5, 0.6) is 11.5 Å². The molecule has 0 bridgehead atoms.